The monoisotopic (exact) mass is 229 g/mol. The SMILES string of the molecule is Cn1cc(C=C(c2ccccc2)[N+](=O)[O-])cn1. The van der Waals surface area contributed by atoms with E-state index in [0.717, 1.165) is 0 Å². The first-order valence-electron chi connectivity index (χ1n) is 5.07. The Hall–Kier alpha value is -2.43. The molecule has 0 amide bonds. The lowest BCUT2D eigenvalue weighted by Gasteiger charge is -1.97. The summed E-state index contributed by atoms with van der Waals surface area (Å²) in [5.41, 5.74) is 1.36. The Kier molecular flexibility index (Phi) is 3.00. The minimum atomic E-state index is -0.387. The van der Waals surface area contributed by atoms with E-state index in [1.807, 2.05) is 6.07 Å². The minimum Gasteiger partial charge on any atom is -0.275 e. The molecule has 1 aromatic carbocycles. The lowest BCUT2D eigenvalue weighted by Crippen LogP contribution is -1.97. The van der Waals surface area contributed by atoms with Crippen LogP contribution in [0.2, 0.25) is 0 Å². The molecule has 17 heavy (non-hydrogen) atoms. The topological polar surface area (TPSA) is 61.0 Å². The van der Waals surface area contributed by atoms with Crippen LogP contribution in [0.1, 0.15) is 11.1 Å². The van der Waals surface area contributed by atoms with Gasteiger partial charge in [-0.2, -0.15) is 5.10 Å². The van der Waals surface area contributed by atoms with E-state index in [-0.39, 0.29) is 10.6 Å². The van der Waals surface area contributed by atoms with E-state index in [4.69, 9.17) is 0 Å². The van der Waals surface area contributed by atoms with Crippen LogP contribution in [0.4, 0.5) is 0 Å². The molecule has 0 atom stereocenters. The Balaban J connectivity index is 2.43. The summed E-state index contributed by atoms with van der Waals surface area (Å²) in [6.07, 6.45) is 4.83. The fourth-order valence-corrected chi connectivity index (χ4v) is 1.52. The summed E-state index contributed by atoms with van der Waals surface area (Å²) in [4.78, 5) is 10.6. The molecule has 0 N–H and O–H groups in total. The highest BCUT2D eigenvalue weighted by Gasteiger charge is 2.13. The fourth-order valence-electron chi connectivity index (χ4n) is 1.52. The molecule has 0 saturated heterocycles. The zero-order chi connectivity index (χ0) is 12.3. The highest BCUT2D eigenvalue weighted by atomic mass is 16.6. The molecular weight excluding hydrogens is 218 g/mol. The third-order valence-corrected chi connectivity index (χ3v) is 2.29. The second-order valence-corrected chi connectivity index (χ2v) is 3.60. The van der Waals surface area contributed by atoms with Crippen LogP contribution in [0.5, 0.6) is 0 Å². The normalized spacial score (nSPS) is 11.5. The maximum Gasteiger partial charge on any atom is 0.277 e. The molecule has 0 fully saturated rings. The van der Waals surface area contributed by atoms with Crippen molar-refractivity contribution in [3.05, 3.63) is 64.0 Å². The number of aryl methyl sites for hydroxylation is 1. The van der Waals surface area contributed by atoms with E-state index in [1.54, 1.807) is 48.4 Å². The third-order valence-electron chi connectivity index (χ3n) is 2.29. The van der Waals surface area contributed by atoms with Gasteiger partial charge in [0, 0.05) is 24.9 Å². The number of rotatable bonds is 3. The first-order chi connectivity index (χ1) is 8.16. The van der Waals surface area contributed by atoms with Gasteiger partial charge in [-0.25, -0.2) is 0 Å². The molecular formula is C12H11N3O2. The van der Waals surface area contributed by atoms with Crippen molar-refractivity contribution in [1.29, 1.82) is 0 Å². The van der Waals surface area contributed by atoms with Gasteiger partial charge in [-0.05, 0) is 12.1 Å². The van der Waals surface area contributed by atoms with Crippen LogP contribution in [0, 0.1) is 10.1 Å². The summed E-state index contributed by atoms with van der Waals surface area (Å²) >= 11 is 0. The van der Waals surface area contributed by atoms with Crippen molar-refractivity contribution in [2.75, 3.05) is 0 Å². The van der Waals surface area contributed by atoms with Crippen LogP contribution in [-0.2, 0) is 7.05 Å². The molecule has 0 saturated carbocycles. The predicted molar refractivity (Wildman–Crippen MR) is 64.5 cm³/mol. The number of aromatic nitrogens is 2. The molecule has 5 heteroatoms. The van der Waals surface area contributed by atoms with Gasteiger partial charge in [-0.15, -0.1) is 0 Å². The number of hydrogen-bond acceptors (Lipinski definition) is 3. The minimum absolute atomic E-state index is 0.0681. The van der Waals surface area contributed by atoms with Crippen molar-refractivity contribution in [3.8, 4) is 0 Å². The number of hydrogen-bond donors (Lipinski definition) is 0. The zero-order valence-electron chi connectivity index (χ0n) is 9.28. The van der Waals surface area contributed by atoms with Crippen molar-refractivity contribution in [2.24, 2.45) is 7.05 Å². The van der Waals surface area contributed by atoms with Gasteiger partial charge >= 0.3 is 0 Å². The molecule has 2 rings (SSSR count). The highest BCUT2D eigenvalue weighted by Crippen LogP contribution is 2.18. The molecule has 86 valence electrons. The summed E-state index contributed by atoms with van der Waals surface area (Å²) in [6.45, 7) is 0. The van der Waals surface area contributed by atoms with Gasteiger partial charge in [-0.1, -0.05) is 18.2 Å². The largest absolute Gasteiger partial charge is 0.277 e. The van der Waals surface area contributed by atoms with Gasteiger partial charge < -0.3 is 0 Å². The third kappa shape index (κ3) is 2.57. The van der Waals surface area contributed by atoms with Crippen LogP contribution in [0.15, 0.2) is 42.7 Å². The molecule has 0 aliphatic rings. The van der Waals surface area contributed by atoms with Crippen molar-refractivity contribution in [1.82, 2.24) is 9.78 Å². The van der Waals surface area contributed by atoms with E-state index < -0.39 is 0 Å². The van der Waals surface area contributed by atoms with Gasteiger partial charge in [0.2, 0.25) is 0 Å². The van der Waals surface area contributed by atoms with Crippen molar-refractivity contribution in [2.45, 2.75) is 0 Å². The average Bonchev–Trinajstić information content (AvgIpc) is 2.73. The predicted octanol–water partition coefficient (Wildman–Crippen LogP) is 2.19. The van der Waals surface area contributed by atoms with Crippen LogP contribution < -0.4 is 0 Å². The van der Waals surface area contributed by atoms with Gasteiger partial charge in [0.25, 0.3) is 5.70 Å². The quantitative estimate of drug-likeness (QED) is 0.598. The van der Waals surface area contributed by atoms with Crippen molar-refractivity contribution in [3.63, 3.8) is 0 Å². The Morgan fingerprint density at radius 2 is 2.12 bits per heavy atom. The molecule has 0 bridgehead atoms. The van der Waals surface area contributed by atoms with E-state index >= 15 is 0 Å². The number of benzene rings is 1. The number of nitrogens with zero attached hydrogens (tertiary/aromatic N) is 3. The second-order valence-electron chi connectivity index (χ2n) is 3.60. The van der Waals surface area contributed by atoms with Gasteiger partial charge in [0.05, 0.1) is 16.7 Å². The fraction of sp³-hybridized carbons (Fsp3) is 0.0833. The van der Waals surface area contributed by atoms with Crippen LogP contribution in [-0.4, -0.2) is 14.7 Å². The Morgan fingerprint density at radius 1 is 1.41 bits per heavy atom. The molecule has 0 spiro atoms. The standard InChI is InChI=1S/C12H11N3O2/c1-14-9-10(8-13-14)7-12(15(16)17)11-5-3-2-4-6-11/h2-9H,1H3. The van der Waals surface area contributed by atoms with Gasteiger partial charge in [0.1, 0.15) is 0 Å². The molecule has 0 radical (unpaired) electrons. The van der Waals surface area contributed by atoms with Crippen LogP contribution in [0.3, 0.4) is 0 Å². The second kappa shape index (κ2) is 4.61. The first kappa shape index (κ1) is 11.1. The Bertz CT molecular complexity index is 558. The van der Waals surface area contributed by atoms with Crippen LogP contribution >= 0.6 is 0 Å². The molecule has 2 aromatic rings. The van der Waals surface area contributed by atoms with E-state index in [9.17, 15) is 10.1 Å². The molecule has 0 aliphatic heterocycles. The average molecular weight is 229 g/mol. The summed E-state index contributed by atoms with van der Waals surface area (Å²) in [6, 6.07) is 8.80. The zero-order valence-corrected chi connectivity index (χ0v) is 9.28. The molecule has 1 heterocycles. The van der Waals surface area contributed by atoms with E-state index in [1.165, 1.54) is 6.08 Å². The van der Waals surface area contributed by atoms with Crippen molar-refractivity contribution >= 4 is 11.8 Å². The van der Waals surface area contributed by atoms with Crippen LogP contribution in [0.25, 0.3) is 11.8 Å². The first-order valence-corrected chi connectivity index (χ1v) is 5.07. The Labute approximate surface area is 98.2 Å². The molecule has 5 nitrogen and oxygen atoms in total. The summed E-state index contributed by atoms with van der Waals surface area (Å²) < 4.78 is 1.61. The summed E-state index contributed by atoms with van der Waals surface area (Å²) in [5.74, 6) is 0. The van der Waals surface area contributed by atoms with E-state index in [2.05, 4.69) is 5.10 Å². The van der Waals surface area contributed by atoms with Gasteiger partial charge in [0.15, 0.2) is 0 Å². The molecule has 0 unspecified atom stereocenters. The van der Waals surface area contributed by atoms with Gasteiger partial charge in [-0.3, -0.25) is 14.8 Å². The Morgan fingerprint density at radius 3 is 2.65 bits per heavy atom. The maximum atomic E-state index is 11.0. The number of nitro groups is 1. The van der Waals surface area contributed by atoms with E-state index in [0.29, 0.717) is 11.1 Å². The summed E-state index contributed by atoms with van der Waals surface area (Å²) in [7, 11) is 1.77. The lowest BCUT2D eigenvalue weighted by molar-refractivity contribution is -0.374. The summed E-state index contributed by atoms with van der Waals surface area (Å²) in [5, 5.41) is 15.0. The smallest absolute Gasteiger partial charge is 0.275 e. The highest BCUT2D eigenvalue weighted by molar-refractivity contribution is 5.75. The maximum absolute atomic E-state index is 11.0. The molecule has 1 aromatic heterocycles. The van der Waals surface area contributed by atoms with Crippen molar-refractivity contribution < 1.29 is 4.92 Å². The lowest BCUT2D eigenvalue weighted by atomic mass is 10.1. The molecule has 0 aliphatic carbocycles.